The predicted octanol–water partition coefficient (Wildman–Crippen LogP) is 6.57. The zero-order valence-electron chi connectivity index (χ0n) is 19.3. The van der Waals surface area contributed by atoms with Crippen LogP contribution in [-0.4, -0.2) is 29.7 Å². The summed E-state index contributed by atoms with van der Waals surface area (Å²) in [4.78, 5) is 29.4. The highest BCUT2D eigenvalue weighted by atomic mass is 32.1. The highest BCUT2D eigenvalue weighted by Crippen LogP contribution is 2.40. The molecule has 7 nitrogen and oxygen atoms in total. The molecule has 0 aliphatic carbocycles. The summed E-state index contributed by atoms with van der Waals surface area (Å²) in [7, 11) is 1.58. The maximum Gasteiger partial charge on any atom is 0.412 e. The molecular formula is C26H25N3O4S. The minimum absolute atomic E-state index is 0.233. The summed E-state index contributed by atoms with van der Waals surface area (Å²) in [6.45, 7) is 5.44. The van der Waals surface area contributed by atoms with Gasteiger partial charge in [0.25, 0.3) is 5.91 Å². The third-order valence-corrected chi connectivity index (χ3v) is 5.81. The Hall–Kier alpha value is -3.91. The summed E-state index contributed by atoms with van der Waals surface area (Å²) in [5, 5.41) is 6.12. The summed E-state index contributed by atoms with van der Waals surface area (Å²) in [6, 6.07) is 20.2. The van der Waals surface area contributed by atoms with E-state index < -0.39 is 11.7 Å². The molecule has 0 bridgehead atoms. The molecule has 3 aromatic carbocycles. The number of hydrogen-bond donors (Lipinski definition) is 2. The van der Waals surface area contributed by atoms with Crippen molar-refractivity contribution in [3.63, 3.8) is 0 Å². The molecule has 4 aromatic rings. The molecule has 0 unspecified atom stereocenters. The molecule has 0 saturated heterocycles. The minimum atomic E-state index is -0.590. The Labute approximate surface area is 201 Å². The highest BCUT2D eigenvalue weighted by molar-refractivity contribution is 7.23. The van der Waals surface area contributed by atoms with Gasteiger partial charge in [-0.1, -0.05) is 41.7 Å². The molecule has 0 fully saturated rings. The lowest BCUT2D eigenvalue weighted by Gasteiger charge is -2.19. The van der Waals surface area contributed by atoms with Gasteiger partial charge in [0.15, 0.2) is 5.13 Å². The number of hydrogen-bond acceptors (Lipinski definition) is 6. The Bertz CT molecular complexity index is 1340. The zero-order chi connectivity index (χ0) is 24.3. The number of carbonyl (C=O) groups excluding carboxylic acids is 2. The number of benzene rings is 3. The molecule has 0 spiro atoms. The number of anilines is 2. The number of thiazole rings is 1. The first kappa shape index (κ1) is 23.3. The van der Waals surface area contributed by atoms with Gasteiger partial charge < -0.3 is 9.47 Å². The summed E-state index contributed by atoms with van der Waals surface area (Å²) >= 11 is 1.36. The van der Waals surface area contributed by atoms with Gasteiger partial charge >= 0.3 is 6.09 Å². The normalized spacial score (nSPS) is 11.2. The number of methoxy groups -OCH3 is 1. The second kappa shape index (κ2) is 9.52. The monoisotopic (exact) mass is 475 g/mol. The number of carbonyl (C=O) groups is 2. The highest BCUT2D eigenvalue weighted by Gasteiger charge is 2.18. The lowest BCUT2D eigenvalue weighted by Crippen LogP contribution is -2.27. The SMILES string of the molecule is COc1ccc(-c2cccc(NC(=O)OC(C)(C)C)c2)c2sc(NC(=O)c3ccccc3)nc12. The molecule has 2 amide bonds. The topological polar surface area (TPSA) is 89.5 Å². The maximum atomic E-state index is 12.6. The van der Waals surface area contributed by atoms with Crippen molar-refractivity contribution in [2.75, 3.05) is 17.7 Å². The van der Waals surface area contributed by atoms with Crippen LogP contribution >= 0.6 is 11.3 Å². The molecule has 174 valence electrons. The van der Waals surface area contributed by atoms with E-state index in [9.17, 15) is 9.59 Å². The van der Waals surface area contributed by atoms with Crippen LogP contribution in [0.5, 0.6) is 5.75 Å². The Morgan fingerprint density at radius 1 is 0.941 bits per heavy atom. The zero-order valence-corrected chi connectivity index (χ0v) is 20.2. The average molecular weight is 476 g/mol. The van der Waals surface area contributed by atoms with E-state index in [1.54, 1.807) is 25.3 Å². The van der Waals surface area contributed by atoms with Gasteiger partial charge in [-0.2, -0.15) is 0 Å². The smallest absolute Gasteiger partial charge is 0.412 e. The Kier molecular flexibility index (Phi) is 6.51. The summed E-state index contributed by atoms with van der Waals surface area (Å²) in [5.41, 5.74) is 3.01. The number of amides is 2. The van der Waals surface area contributed by atoms with E-state index in [1.807, 2.05) is 69.3 Å². The van der Waals surface area contributed by atoms with Crippen LogP contribution < -0.4 is 15.4 Å². The molecule has 2 N–H and O–H groups in total. The van der Waals surface area contributed by atoms with Crippen LogP contribution in [0.4, 0.5) is 15.6 Å². The molecule has 0 aliphatic rings. The fourth-order valence-corrected chi connectivity index (χ4v) is 4.39. The number of nitrogens with zero attached hydrogens (tertiary/aromatic N) is 1. The van der Waals surface area contributed by atoms with Crippen molar-refractivity contribution < 1.29 is 19.1 Å². The Morgan fingerprint density at radius 2 is 1.71 bits per heavy atom. The van der Waals surface area contributed by atoms with E-state index in [1.165, 1.54) is 11.3 Å². The lowest BCUT2D eigenvalue weighted by molar-refractivity contribution is 0.0635. The van der Waals surface area contributed by atoms with Crippen molar-refractivity contribution >= 4 is 44.4 Å². The molecular weight excluding hydrogens is 450 g/mol. The van der Waals surface area contributed by atoms with Gasteiger partial charge in [-0.05, 0) is 62.7 Å². The van der Waals surface area contributed by atoms with Crippen molar-refractivity contribution in [2.45, 2.75) is 26.4 Å². The van der Waals surface area contributed by atoms with Crippen LogP contribution in [0, 0.1) is 0 Å². The van der Waals surface area contributed by atoms with E-state index in [0.717, 1.165) is 15.8 Å². The third kappa shape index (κ3) is 5.35. The van der Waals surface area contributed by atoms with Gasteiger partial charge in [-0.3, -0.25) is 15.4 Å². The molecule has 0 aliphatic heterocycles. The van der Waals surface area contributed by atoms with E-state index in [0.29, 0.717) is 27.6 Å². The second-order valence-electron chi connectivity index (χ2n) is 8.54. The molecule has 34 heavy (non-hydrogen) atoms. The molecule has 1 aromatic heterocycles. The quantitative estimate of drug-likeness (QED) is 0.341. The van der Waals surface area contributed by atoms with Crippen LogP contribution in [0.1, 0.15) is 31.1 Å². The van der Waals surface area contributed by atoms with Crippen LogP contribution in [0.25, 0.3) is 21.3 Å². The summed E-state index contributed by atoms with van der Waals surface area (Å²) in [6.07, 6.45) is -0.520. The average Bonchev–Trinajstić information content (AvgIpc) is 3.21. The lowest BCUT2D eigenvalue weighted by atomic mass is 10.0. The molecule has 4 rings (SSSR count). The van der Waals surface area contributed by atoms with Gasteiger partial charge in [0.05, 0.1) is 11.8 Å². The van der Waals surface area contributed by atoms with E-state index in [-0.39, 0.29) is 5.91 Å². The maximum absolute atomic E-state index is 12.6. The molecule has 0 saturated carbocycles. The molecule has 1 heterocycles. The molecule has 0 radical (unpaired) electrons. The Balaban J connectivity index is 1.67. The third-order valence-electron chi connectivity index (χ3n) is 4.80. The number of fused-ring (bicyclic) bond motifs is 1. The van der Waals surface area contributed by atoms with Crippen LogP contribution in [0.2, 0.25) is 0 Å². The van der Waals surface area contributed by atoms with Crippen molar-refractivity contribution in [2.24, 2.45) is 0 Å². The summed E-state index contributed by atoms with van der Waals surface area (Å²) < 4.78 is 11.7. The van der Waals surface area contributed by atoms with Crippen molar-refractivity contribution in [3.05, 3.63) is 72.3 Å². The van der Waals surface area contributed by atoms with E-state index >= 15 is 0 Å². The van der Waals surface area contributed by atoms with Crippen LogP contribution in [0.15, 0.2) is 66.7 Å². The van der Waals surface area contributed by atoms with Gasteiger partial charge in [-0.25, -0.2) is 9.78 Å². The van der Waals surface area contributed by atoms with Gasteiger partial charge in [0.1, 0.15) is 16.9 Å². The van der Waals surface area contributed by atoms with E-state index in [2.05, 4.69) is 15.6 Å². The molecule has 8 heteroatoms. The van der Waals surface area contributed by atoms with Crippen LogP contribution in [0.3, 0.4) is 0 Å². The van der Waals surface area contributed by atoms with Gasteiger partial charge in [-0.15, -0.1) is 0 Å². The second-order valence-corrected chi connectivity index (χ2v) is 9.54. The number of aromatic nitrogens is 1. The first-order chi connectivity index (χ1) is 16.2. The summed E-state index contributed by atoms with van der Waals surface area (Å²) in [5.74, 6) is 0.377. The van der Waals surface area contributed by atoms with Gasteiger partial charge in [0, 0.05) is 16.8 Å². The van der Waals surface area contributed by atoms with Gasteiger partial charge in [0.2, 0.25) is 0 Å². The fraction of sp³-hybridized carbons (Fsp3) is 0.192. The van der Waals surface area contributed by atoms with Crippen LogP contribution in [-0.2, 0) is 4.74 Å². The fourth-order valence-electron chi connectivity index (χ4n) is 3.37. The van der Waals surface area contributed by atoms with Crippen molar-refractivity contribution in [1.29, 1.82) is 0 Å². The van der Waals surface area contributed by atoms with Crippen molar-refractivity contribution in [3.8, 4) is 16.9 Å². The standard InChI is InChI=1S/C26H25N3O4S/c1-26(2,3)33-25(31)27-18-12-8-11-17(15-18)19-13-14-20(32-4)21-22(19)34-24(28-21)29-23(30)16-9-6-5-7-10-16/h5-15H,1-4H3,(H,27,31)(H,28,29,30). The predicted molar refractivity (Wildman–Crippen MR) is 136 cm³/mol. The van der Waals surface area contributed by atoms with E-state index in [4.69, 9.17) is 9.47 Å². The number of nitrogens with one attached hydrogen (secondary N) is 2. The Morgan fingerprint density at radius 3 is 2.41 bits per heavy atom. The first-order valence-electron chi connectivity index (χ1n) is 10.7. The first-order valence-corrected chi connectivity index (χ1v) is 11.5. The van der Waals surface area contributed by atoms with Crippen molar-refractivity contribution in [1.82, 2.24) is 4.98 Å². The minimum Gasteiger partial charge on any atom is -0.494 e. The number of rotatable bonds is 5. The number of ether oxygens (including phenoxy) is 2. The molecule has 0 atom stereocenters. The largest absolute Gasteiger partial charge is 0.494 e.